The quantitative estimate of drug-likeness (QED) is 0.768. The molecule has 0 aliphatic carbocycles. The highest BCUT2D eigenvalue weighted by Crippen LogP contribution is 2.16. The summed E-state index contributed by atoms with van der Waals surface area (Å²) in [5.74, 6) is -1.25. The van der Waals surface area contributed by atoms with Crippen molar-refractivity contribution < 1.29 is 24.2 Å². The van der Waals surface area contributed by atoms with Crippen LogP contribution in [0.5, 0.6) is 0 Å². The largest absolute Gasteiger partial charge is 0.480 e. The van der Waals surface area contributed by atoms with Gasteiger partial charge in [-0.05, 0) is 30.7 Å². The molecule has 0 saturated carbocycles. The number of benzene rings is 1. The Hall–Kier alpha value is -2.38. The smallest absolute Gasteiger partial charge is 0.329 e. The molecule has 1 amide bonds. The van der Waals surface area contributed by atoms with E-state index < -0.39 is 18.7 Å². The van der Waals surface area contributed by atoms with Crippen LogP contribution < -0.4 is 5.32 Å². The molecule has 2 atom stereocenters. The summed E-state index contributed by atoms with van der Waals surface area (Å²) in [5.41, 5.74) is 1.52. The second-order valence-corrected chi connectivity index (χ2v) is 5.47. The molecule has 7 nitrogen and oxygen atoms in total. The van der Waals surface area contributed by atoms with E-state index in [4.69, 9.17) is 14.6 Å². The van der Waals surface area contributed by atoms with Crippen LogP contribution in [-0.2, 0) is 14.3 Å². The number of aliphatic carboxylic acids is 1. The van der Waals surface area contributed by atoms with Crippen molar-refractivity contribution in [3.05, 3.63) is 36.0 Å². The molecule has 3 rings (SSSR count). The second-order valence-electron chi connectivity index (χ2n) is 5.47. The summed E-state index contributed by atoms with van der Waals surface area (Å²) in [5, 5.41) is 12.6. The number of aromatic amines is 1. The number of fused-ring (bicyclic) bond motifs is 1. The summed E-state index contributed by atoms with van der Waals surface area (Å²) in [6, 6.07) is 7.05. The van der Waals surface area contributed by atoms with Crippen LogP contribution in [0.3, 0.4) is 0 Å². The number of carbonyl (C=O) groups is 2. The number of aromatic nitrogens is 1. The van der Waals surface area contributed by atoms with Gasteiger partial charge in [-0.1, -0.05) is 0 Å². The van der Waals surface area contributed by atoms with Crippen LogP contribution in [0.15, 0.2) is 30.5 Å². The lowest BCUT2D eigenvalue weighted by molar-refractivity contribution is -0.148. The fourth-order valence-electron chi connectivity index (χ4n) is 2.67. The number of hydrogen-bond acceptors (Lipinski definition) is 4. The van der Waals surface area contributed by atoms with Gasteiger partial charge in [-0.3, -0.25) is 4.79 Å². The lowest BCUT2D eigenvalue weighted by Gasteiger charge is -2.31. The van der Waals surface area contributed by atoms with Gasteiger partial charge < -0.3 is 24.9 Å². The van der Waals surface area contributed by atoms with Crippen molar-refractivity contribution in [2.24, 2.45) is 0 Å². The fraction of sp³-hybridized carbons (Fsp3) is 0.375. The minimum atomic E-state index is -1.04. The Labute approximate surface area is 132 Å². The van der Waals surface area contributed by atoms with Crippen LogP contribution in [0.2, 0.25) is 0 Å². The van der Waals surface area contributed by atoms with Crippen molar-refractivity contribution in [1.29, 1.82) is 0 Å². The summed E-state index contributed by atoms with van der Waals surface area (Å²) in [6.45, 7) is 0.375. The van der Waals surface area contributed by atoms with E-state index in [-0.39, 0.29) is 18.6 Å². The Morgan fingerprint density at radius 1 is 1.39 bits per heavy atom. The molecule has 1 aromatic carbocycles. The predicted octanol–water partition coefficient (Wildman–Crippen LogP) is 1.16. The first-order chi connectivity index (χ1) is 11.1. The zero-order valence-electron chi connectivity index (χ0n) is 12.5. The van der Waals surface area contributed by atoms with Crippen LogP contribution in [0.25, 0.3) is 10.9 Å². The Kier molecular flexibility index (Phi) is 4.59. The van der Waals surface area contributed by atoms with E-state index in [1.54, 1.807) is 6.07 Å². The van der Waals surface area contributed by atoms with Crippen LogP contribution in [0.1, 0.15) is 16.8 Å². The van der Waals surface area contributed by atoms with Gasteiger partial charge in [0.1, 0.15) is 12.7 Å². The summed E-state index contributed by atoms with van der Waals surface area (Å²) < 4.78 is 10.6. The molecule has 2 heterocycles. The van der Waals surface area contributed by atoms with Crippen molar-refractivity contribution in [2.75, 3.05) is 19.8 Å². The standard InChI is InChI=1S/C16H18N2O5/c19-15(20)9-23-14-8-22-6-4-13(14)18-16(21)11-1-2-12-10(7-11)3-5-17-12/h1-3,5,7,13-14,17H,4,6,8-9H2,(H,18,21)(H,19,20). The zero-order valence-corrected chi connectivity index (χ0v) is 12.5. The molecule has 2 aromatic rings. The summed E-state index contributed by atoms with van der Waals surface area (Å²) in [6.07, 6.45) is 1.95. The van der Waals surface area contributed by atoms with Gasteiger partial charge in [0.05, 0.1) is 12.6 Å². The molecule has 0 bridgehead atoms. The fourth-order valence-corrected chi connectivity index (χ4v) is 2.67. The first kappa shape index (κ1) is 15.5. The summed E-state index contributed by atoms with van der Waals surface area (Å²) >= 11 is 0. The van der Waals surface area contributed by atoms with Crippen LogP contribution in [0, 0.1) is 0 Å². The van der Waals surface area contributed by atoms with E-state index in [2.05, 4.69) is 10.3 Å². The molecule has 0 spiro atoms. The van der Waals surface area contributed by atoms with Crippen LogP contribution >= 0.6 is 0 Å². The summed E-state index contributed by atoms with van der Waals surface area (Å²) in [7, 11) is 0. The van der Waals surface area contributed by atoms with Crippen LogP contribution in [0.4, 0.5) is 0 Å². The molecule has 122 valence electrons. The van der Waals surface area contributed by atoms with E-state index in [1.807, 2.05) is 24.4 Å². The van der Waals surface area contributed by atoms with Gasteiger partial charge in [-0.25, -0.2) is 4.79 Å². The first-order valence-corrected chi connectivity index (χ1v) is 7.42. The molecule has 1 aliphatic rings. The molecule has 23 heavy (non-hydrogen) atoms. The Morgan fingerprint density at radius 2 is 2.26 bits per heavy atom. The van der Waals surface area contributed by atoms with Gasteiger partial charge in [0, 0.05) is 29.3 Å². The van der Waals surface area contributed by atoms with Gasteiger partial charge in [-0.2, -0.15) is 0 Å². The van der Waals surface area contributed by atoms with Gasteiger partial charge in [0.2, 0.25) is 0 Å². The zero-order chi connectivity index (χ0) is 16.2. The van der Waals surface area contributed by atoms with Crippen molar-refractivity contribution >= 4 is 22.8 Å². The Balaban J connectivity index is 1.67. The predicted molar refractivity (Wildman–Crippen MR) is 82.4 cm³/mol. The topological polar surface area (TPSA) is 101 Å². The SMILES string of the molecule is O=C(O)COC1COCCC1NC(=O)c1ccc2[nH]ccc2c1. The maximum Gasteiger partial charge on any atom is 0.329 e. The van der Waals surface area contributed by atoms with Gasteiger partial charge >= 0.3 is 5.97 Å². The number of hydrogen-bond donors (Lipinski definition) is 3. The number of carboxylic acids is 1. The van der Waals surface area contributed by atoms with E-state index >= 15 is 0 Å². The molecule has 2 unspecified atom stereocenters. The highest BCUT2D eigenvalue weighted by atomic mass is 16.5. The third kappa shape index (κ3) is 3.69. The number of carbonyl (C=O) groups excluding carboxylic acids is 1. The van der Waals surface area contributed by atoms with Crippen molar-refractivity contribution in [3.63, 3.8) is 0 Å². The minimum absolute atomic E-state index is 0.205. The van der Waals surface area contributed by atoms with E-state index in [0.29, 0.717) is 18.6 Å². The lowest BCUT2D eigenvalue weighted by atomic mass is 10.0. The third-order valence-electron chi connectivity index (χ3n) is 3.86. The van der Waals surface area contributed by atoms with Crippen molar-refractivity contribution in [2.45, 2.75) is 18.6 Å². The van der Waals surface area contributed by atoms with E-state index in [0.717, 1.165) is 10.9 Å². The Bertz CT molecular complexity index is 711. The molecule has 1 saturated heterocycles. The number of carboxylic acid groups (broad SMARTS) is 1. The van der Waals surface area contributed by atoms with Crippen LogP contribution in [-0.4, -0.2) is 53.9 Å². The maximum absolute atomic E-state index is 12.4. The molecule has 3 N–H and O–H groups in total. The third-order valence-corrected chi connectivity index (χ3v) is 3.86. The average Bonchev–Trinajstić information content (AvgIpc) is 3.01. The molecular weight excluding hydrogens is 300 g/mol. The number of rotatable bonds is 5. The molecule has 1 aliphatic heterocycles. The molecule has 1 fully saturated rings. The highest BCUT2D eigenvalue weighted by molar-refractivity contribution is 5.98. The first-order valence-electron chi connectivity index (χ1n) is 7.42. The van der Waals surface area contributed by atoms with Gasteiger partial charge in [0.15, 0.2) is 0 Å². The van der Waals surface area contributed by atoms with Gasteiger partial charge in [-0.15, -0.1) is 0 Å². The Morgan fingerprint density at radius 3 is 3.09 bits per heavy atom. The van der Waals surface area contributed by atoms with E-state index in [1.165, 1.54) is 0 Å². The molecule has 7 heteroatoms. The second kappa shape index (κ2) is 6.80. The monoisotopic (exact) mass is 318 g/mol. The average molecular weight is 318 g/mol. The normalized spacial score (nSPS) is 21.2. The number of nitrogens with one attached hydrogen (secondary N) is 2. The number of amides is 1. The van der Waals surface area contributed by atoms with Crippen molar-refractivity contribution in [3.8, 4) is 0 Å². The van der Waals surface area contributed by atoms with E-state index in [9.17, 15) is 9.59 Å². The minimum Gasteiger partial charge on any atom is -0.480 e. The maximum atomic E-state index is 12.4. The number of ether oxygens (including phenoxy) is 2. The lowest BCUT2D eigenvalue weighted by Crippen LogP contribution is -2.50. The molecule has 0 radical (unpaired) electrons. The van der Waals surface area contributed by atoms with Crippen molar-refractivity contribution in [1.82, 2.24) is 10.3 Å². The molecular formula is C16H18N2O5. The highest BCUT2D eigenvalue weighted by Gasteiger charge is 2.28. The summed E-state index contributed by atoms with van der Waals surface area (Å²) in [4.78, 5) is 26.1. The van der Waals surface area contributed by atoms with Gasteiger partial charge in [0.25, 0.3) is 5.91 Å². The number of H-pyrrole nitrogens is 1. The molecule has 1 aromatic heterocycles.